The Morgan fingerprint density at radius 3 is 1.68 bits per heavy atom. The molecular formula is C12H22O10. The van der Waals surface area contributed by atoms with E-state index in [2.05, 4.69) is 0 Å². The standard InChI is InChI=1S/C6H8O7.C6H14O3/c7-3(8)1-6(13,5(11)12)2-4(9)10;1-5(8)4-9-6(2)3-7/h13H,1-2H2,(H,7,8)(H,9,10)(H,11,12);5-8H,3-4H2,1-2H3. The van der Waals surface area contributed by atoms with Gasteiger partial charge in [-0.1, -0.05) is 0 Å². The van der Waals surface area contributed by atoms with Crippen molar-refractivity contribution in [2.75, 3.05) is 13.2 Å². The van der Waals surface area contributed by atoms with Crippen LogP contribution < -0.4 is 0 Å². The lowest BCUT2D eigenvalue weighted by Gasteiger charge is -2.18. The minimum Gasteiger partial charge on any atom is -0.481 e. The van der Waals surface area contributed by atoms with E-state index < -0.39 is 42.5 Å². The maximum atomic E-state index is 10.3. The van der Waals surface area contributed by atoms with E-state index in [1.165, 1.54) is 0 Å². The topological polar surface area (TPSA) is 182 Å². The van der Waals surface area contributed by atoms with Crippen LogP contribution in [0.2, 0.25) is 0 Å². The van der Waals surface area contributed by atoms with E-state index in [1.54, 1.807) is 13.8 Å². The molecule has 0 saturated carbocycles. The van der Waals surface area contributed by atoms with E-state index in [0.717, 1.165) is 0 Å². The van der Waals surface area contributed by atoms with Crippen molar-refractivity contribution in [3.05, 3.63) is 0 Å². The summed E-state index contributed by atoms with van der Waals surface area (Å²) in [5.74, 6) is -5.02. The van der Waals surface area contributed by atoms with Gasteiger partial charge in [-0.25, -0.2) is 4.79 Å². The molecule has 0 aromatic heterocycles. The molecule has 2 unspecified atom stereocenters. The van der Waals surface area contributed by atoms with Crippen molar-refractivity contribution in [2.24, 2.45) is 0 Å². The van der Waals surface area contributed by atoms with E-state index in [1.807, 2.05) is 0 Å². The lowest BCUT2D eigenvalue weighted by molar-refractivity contribution is -0.170. The normalized spacial score (nSPS) is 13.5. The molecular weight excluding hydrogens is 304 g/mol. The van der Waals surface area contributed by atoms with Gasteiger partial charge in [0.15, 0.2) is 5.60 Å². The third-order valence-corrected chi connectivity index (χ3v) is 2.16. The number of rotatable bonds is 9. The zero-order valence-corrected chi connectivity index (χ0v) is 12.3. The molecule has 0 saturated heterocycles. The fourth-order valence-electron chi connectivity index (χ4n) is 1.07. The van der Waals surface area contributed by atoms with Gasteiger partial charge in [0.2, 0.25) is 0 Å². The van der Waals surface area contributed by atoms with Crippen LogP contribution in [0.15, 0.2) is 0 Å². The zero-order valence-electron chi connectivity index (χ0n) is 12.3. The molecule has 6 N–H and O–H groups in total. The number of carboxylic acid groups (broad SMARTS) is 3. The van der Waals surface area contributed by atoms with Crippen molar-refractivity contribution in [1.82, 2.24) is 0 Å². The SMILES string of the molecule is CC(O)COC(C)CO.O=C(O)CC(O)(CC(=O)O)C(=O)O. The highest BCUT2D eigenvalue weighted by molar-refractivity contribution is 5.88. The van der Waals surface area contributed by atoms with Gasteiger partial charge in [-0.2, -0.15) is 0 Å². The molecule has 0 aromatic rings. The predicted octanol–water partition coefficient (Wildman–Crippen LogP) is -1.48. The smallest absolute Gasteiger partial charge is 0.336 e. The highest BCUT2D eigenvalue weighted by atomic mass is 16.5. The van der Waals surface area contributed by atoms with Gasteiger partial charge in [0.05, 0.1) is 38.3 Å². The molecule has 0 aliphatic heterocycles. The number of ether oxygens (including phenoxy) is 1. The first-order valence-electron chi connectivity index (χ1n) is 6.24. The summed E-state index contributed by atoms with van der Waals surface area (Å²) in [5, 5.41) is 50.9. The van der Waals surface area contributed by atoms with Crippen molar-refractivity contribution >= 4 is 17.9 Å². The number of aliphatic hydroxyl groups is 3. The molecule has 0 bridgehead atoms. The van der Waals surface area contributed by atoms with Crippen molar-refractivity contribution in [3.63, 3.8) is 0 Å². The first-order chi connectivity index (χ1) is 9.94. The Bertz CT molecular complexity index is 349. The van der Waals surface area contributed by atoms with Gasteiger partial charge < -0.3 is 35.4 Å². The lowest BCUT2D eigenvalue weighted by atomic mass is 9.96. The summed E-state index contributed by atoms with van der Waals surface area (Å²) in [4.78, 5) is 30.5. The largest absolute Gasteiger partial charge is 0.481 e. The van der Waals surface area contributed by atoms with E-state index in [4.69, 9.17) is 35.4 Å². The van der Waals surface area contributed by atoms with E-state index in [9.17, 15) is 14.4 Å². The van der Waals surface area contributed by atoms with E-state index in [0.29, 0.717) is 6.61 Å². The van der Waals surface area contributed by atoms with Gasteiger partial charge in [0.1, 0.15) is 0 Å². The second-order valence-corrected chi connectivity index (χ2v) is 4.65. The van der Waals surface area contributed by atoms with Gasteiger partial charge in [0.25, 0.3) is 0 Å². The quantitative estimate of drug-likeness (QED) is 0.292. The molecule has 0 fully saturated rings. The Labute approximate surface area is 126 Å². The molecule has 0 aliphatic carbocycles. The molecule has 10 nitrogen and oxygen atoms in total. The molecule has 0 amide bonds. The van der Waals surface area contributed by atoms with Gasteiger partial charge in [-0.15, -0.1) is 0 Å². The minimum absolute atomic E-state index is 0.00667. The van der Waals surface area contributed by atoms with Crippen molar-refractivity contribution in [3.8, 4) is 0 Å². The Hall–Kier alpha value is -1.75. The molecule has 2 atom stereocenters. The fraction of sp³-hybridized carbons (Fsp3) is 0.750. The van der Waals surface area contributed by atoms with E-state index >= 15 is 0 Å². The molecule has 130 valence electrons. The first kappa shape index (κ1) is 22.5. The molecule has 0 spiro atoms. The molecule has 0 rings (SSSR count). The summed E-state index contributed by atoms with van der Waals surface area (Å²) < 4.78 is 4.95. The number of aliphatic hydroxyl groups excluding tert-OH is 2. The highest BCUT2D eigenvalue weighted by Gasteiger charge is 2.40. The Morgan fingerprint density at radius 2 is 1.45 bits per heavy atom. The van der Waals surface area contributed by atoms with Crippen LogP contribution in [-0.2, 0) is 19.1 Å². The third kappa shape index (κ3) is 12.0. The maximum absolute atomic E-state index is 10.3. The minimum atomic E-state index is -2.74. The van der Waals surface area contributed by atoms with Crippen molar-refractivity contribution in [1.29, 1.82) is 0 Å². The number of hydrogen-bond acceptors (Lipinski definition) is 7. The molecule has 10 heteroatoms. The molecule has 0 aromatic carbocycles. The molecule has 0 heterocycles. The Balaban J connectivity index is 0. The summed E-state index contributed by atoms with van der Waals surface area (Å²) in [5.41, 5.74) is -2.74. The van der Waals surface area contributed by atoms with Crippen molar-refractivity contribution < 1.29 is 49.8 Å². The van der Waals surface area contributed by atoms with E-state index in [-0.39, 0.29) is 12.7 Å². The van der Waals surface area contributed by atoms with Gasteiger partial charge in [-0.05, 0) is 13.8 Å². The summed E-state index contributed by atoms with van der Waals surface area (Å²) >= 11 is 0. The van der Waals surface area contributed by atoms with Crippen LogP contribution in [0.3, 0.4) is 0 Å². The number of carboxylic acids is 3. The maximum Gasteiger partial charge on any atom is 0.336 e. The highest BCUT2D eigenvalue weighted by Crippen LogP contribution is 2.15. The average Bonchev–Trinajstić information content (AvgIpc) is 2.34. The van der Waals surface area contributed by atoms with Crippen LogP contribution in [-0.4, -0.2) is 79.6 Å². The fourth-order valence-corrected chi connectivity index (χ4v) is 1.07. The average molecular weight is 326 g/mol. The second kappa shape index (κ2) is 10.9. The zero-order chi connectivity index (χ0) is 17.9. The monoisotopic (exact) mass is 326 g/mol. The third-order valence-electron chi connectivity index (χ3n) is 2.16. The lowest BCUT2D eigenvalue weighted by Crippen LogP contribution is -2.42. The molecule has 0 radical (unpaired) electrons. The van der Waals surface area contributed by atoms with Gasteiger partial charge in [0, 0.05) is 0 Å². The number of carbonyl (C=O) groups is 3. The van der Waals surface area contributed by atoms with Gasteiger partial charge in [-0.3, -0.25) is 9.59 Å². The number of hydrogen-bond donors (Lipinski definition) is 6. The number of aliphatic carboxylic acids is 3. The van der Waals surface area contributed by atoms with Crippen molar-refractivity contribution in [2.45, 2.75) is 44.5 Å². The molecule has 0 aliphatic rings. The summed E-state index contributed by atoms with van der Waals surface area (Å²) in [7, 11) is 0. The van der Waals surface area contributed by atoms with Crippen LogP contribution in [0, 0.1) is 0 Å². The van der Waals surface area contributed by atoms with Crippen LogP contribution in [0.1, 0.15) is 26.7 Å². The Kier molecular flexibility index (Phi) is 11.2. The first-order valence-corrected chi connectivity index (χ1v) is 6.24. The van der Waals surface area contributed by atoms with Crippen LogP contribution in [0.4, 0.5) is 0 Å². The predicted molar refractivity (Wildman–Crippen MR) is 71.3 cm³/mol. The summed E-state index contributed by atoms with van der Waals surface area (Å²) in [6, 6.07) is 0. The van der Waals surface area contributed by atoms with Crippen LogP contribution in [0.25, 0.3) is 0 Å². The van der Waals surface area contributed by atoms with Gasteiger partial charge >= 0.3 is 17.9 Å². The molecule has 22 heavy (non-hydrogen) atoms. The summed E-state index contributed by atoms with van der Waals surface area (Å²) in [6.07, 6.45) is -2.90. The van der Waals surface area contributed by atoms with Crippen LogP contribution in [0.5, 0.6) is 0 Å². The summed E-state index contributed by atoms with van der Waals surface area (Å²) in [6.45, 7) is 3.70. The van der Waals surface area contributed by atoms with Crippen LogP contribution >= 0.6 is 0 Å². The Morgan fingerprint density at radius 1 is 1.05 bits per heavy atom. The second-order valence-electron chi connectivity index (χ2n) is 4.65.